The number of hydrogen-bond donors (Lipinski definition) is 1. The second-order valence-electron chi connectivity index (χ2n) is 4.42. The maximum Gasteiger partial charge on any atom is 0.145 e. The van der Waals surface area contributed by atoms with Crippen LogP contribution in [-0.2, 0) is 5.67 Å². The van der Waals surface area contributed by atoms with Crippen molar-refractivity contribution in [1.29, 1.82) is 0 Å². The quantitative estimate of drug-likeness (QED) is 0.791. The van der Waals surface area contributed by atoms with E-state index in [2.05, 4.69) is 19.2 Å². The van der Waals surface area contributed by atoms with Crippen molar-refractivity contribution in [3.8, 4) is 0 Å². The molecule has 0 radical (unpaired) electrons. The molecule has 1 aromatic carbocycles. The van der Waals surface area contributed by atoms with E-state index in [0.717, 1.165) is 5.56 Å². The highest BCUT2D eigenvalue weighted by molar-refractivity contribution is 7.99. The van der Waals surface area contributed by atoms with Gasteiger partial charge in [-0.3, -0.25) is 0 Å². The molecule has 1 rings (SSSR count). The average molecular weight is 241 g/mol. The summed E-state index contributed by atoms with van der Waals surface area (Å²) in [6, 6.07) is 7.74. The van der Waals surface area contributed by atoms with Crippen LogP contribution in [0.15, 0.2) is 29.2 Å². The standard InChI is InChI=1S/C13H20FNS/c1-10(2)16-12-7-5-11(6-8-12)13(3,14)9-15-4/h5-8,10,15H,9H2,1-4H3. The first kappa shape index (κ1) is 13.5. The van der Waals surface area contributed by atoms with Crippen molar-refractivity contribution >= 4 is 11.8 Å². The van der Waals surface area contributed by atoms with Gasteiger partial charge in [-0.1, -0.05) is 26.0 Å². The van der Waals surface area contributed by atoms with Crippen LogP contribution in [0, 0.1) is 0 Å². The Hall–Kier alpha value is -0.540. The molecule has 0 heterocycles. The van der Waals surface area contributed by atoms with Crippen LogP contribution in [0.3, 0.4) is 0 Å². The maximum absolute atomic E-state index is 14.1. The fourth-order valence-electron chi connectivity index (χ4n) is 1.59. The number of alkyl halides is 1. The van der Waals surface area contributed by atoms with Gasteiger partial charge in [-0.05, 0) is 31.7 Å². The lowest BCUT2D eigenvalue weighted by molar-refractivity contribution is 0.190. The van der Waals surface area contributed by atoms with E-state index in [9.17, 15) is 4.39 Å². The topological polar surface area (TPSA) is 12.0 Å². The Labute approximate surface area is 102 Å². The first-order chi connectivity index (χ1) is 7.45. The molecular weight excluding hydrogens is 221 g/mol. The summed E-state index contributed by atoms with van der Waals surface area (Å²) >= 11 is 1.79. The van der Waals surface area contributed by atoms with E-state index in [-0.39, 0.29) is 0 Å². The highest BCUT2D eigenvalue weighted by Crippen LogP contribution is 2.28. The summed E-state index contributed by atoms with van der Waals surface area (Å²) in [5.74, 6) is 0. The Balaban J connectivity index is 2.78. The number of likely N-dealkylation sites (N-methyl/N-ethyl adjacent to an activating group) is 1. The lowest BCUT2D eigenvalue weighted by Crippen LogP contribution is -2.29. The molecule has 0 amide bonds. The zero-order valence-corrected chi connectivity index (χ0v) is 11.2. The maximum atomic E-state index is 14.1. The van der Waals surface area contributed by atoms with Crippen molar-refractivity contribution in [1.82, 2.24) is 5.32 Å². The van der Waals surface area contributed by atoms with Crippen molar-refractivity contribution in [2.75, 3.05) is 13.6 Å². The molecule has 1 nitrogen and oxygen atoms in total. The number of hydrogen-bond acceptors (Lipinski definition) is 2. The summed E-state index contributed by atoms with van der Waals surface area (Å²) in [5.41, 5.74) is -0.564. The Bertz CT molecular complexity index is 319. The van der Waals surface area contributed by atoms with Gasteiger partial charge in [0.2, 0.25) is 0 Å². The van der Waals surface area contributed by atoms with Gasteiger partial charge in [0.25, 0.3) is 0 Å². The molecule has 3 heteroatoms. The van der Waals surface area contributed by atoms with E-state index in [1.54, 1.807) is 25.7 Å². The van der Waals surface area contributed by atoms with Crippen LogP contribution >= 0.6 is 11.8 Å². The highest BCUT2D eigenvalue weighted by Gasteiger charge is 2.24. The van der Waals surface area contributed by atoms with Gasteiger partial charge in [0.1, 0.15) is 5.67 Å². The van der Waals surface area contributed by atoms with E-state index in [1.807, 2.05) is 24.3 Å². The first-order valence-electron chi connectivity index (χ1n) is 5.56. The minimum atomic E-state index is -1.30. The number of nitrogens with one attached hydrogen (secondary N) is 1. The van der Waals surface area contributed by atoms with E-state index in [1.165, 1.54) is 4.90 Å². The molecule has 0 aromatic heterocycles. The third kappa shape index (κ3) is 3.80. The molecule has 90 valence electrons. The van der Waals surface area contributed by atoms with E-state index in [4.69, 9.17) is 0 Å². The summed E-state index contributed by atoms with van der Waals surface area (Å²) in [5, 5.41) is 3.43. The van der Waals surface area contributed by atoms with E-state index in [0.29, 0.717) is 11.8 Å². The lowest BCUT2D eigenvalue weighted by atomic mass is 9.98. The molecule has 0 saturated carbocycles. The largest absolute Gasteiger partial charge is 0.316 e. The van der Waals surface area contributed by atoms with Crippen LogP contribution < -0.4 is 5.32 Å². The van der Waals surface area contributed by atoms with Gasteiger partial charge in [0, 0.05) is 16.7 Å². The monoisotopic (exact) mass is 241 g/mol. The molecular formula is C13H20FNS. The lowest BCUT2D eigenvalue weighted by Gasteiger charge is -2.20. The summed E-state index contributed by atoms with van der Waals surface area (Å²) in [6.45, 7) is 6.25. The van der Waals surface area contributed by atoms with Crippen LogP contribution in [0.25, 0.3) is 0 Å². The fraction of sp³-hybridized carbons (Fsp3) is 0.538. The molecule has 0 aliphatic carbocycles. The van der Waals surface area contributed by atoms with E-state index >= 15 is 0 Å². The van der Waals surface area contributed by atoms with Crippen LogP contribution in [0.1, 0.15) is 26.3 Å². The predicted molar refractivity (Wildman–Crippen MR) is 69.8 cm³/mol. The zero-order chi connectivity index (χ0) is 12.2. The second kappa shape index (κ2) is 5.69. The normalized spacial score (nSPS) is 15.1. The van der Waals surface area contributed by atoms with Gasteiger partial charge >= 0.3 is 0 Å². The Morgan fingerprint density at radius 3 is 2.31 bits per heavy atom. The molecule has 0 spiro atoms. The van der Waals surface area contributed by atoms with Crippen LogP contribution in [0.5, 0.6) is 0 Å². The molecule has 16 heavy (non-hydrogen) atoms. The predicted octanol–water partition coefficient (Wildman–Crippen LogP) is 3.59. The summed E-state index contributed by atoms with van der Waals surface area (Å²) in [4.78, 5) is 1.19. The van der Waals surface area contributed by atoms with Crippen molar-refractivity contribution in [3.63, 3.8) is 0 Å². The average Bonchev–Trinajstić information content (AvgIpc) is 2.17. The third-order valence-corrected chi connectivity index (χ3v) is 3.35. The summed E-state index contributed by atoms with van der Waals surface area (Å²) in [6.07, 6.45) is 0. The molecule has 0 saturated heterocycles. The molecule has 1 N–H and O–H groups in total. The van der Waals surface area contributed by atoms with Gasteiger partial charge in [-0.25, -0.2) is 4.39 Å². The van der Waals surface area contributed by atoms with Crippen LogP contribution in [-0.4, -0.2) is 18.8 Å². The first-order valence-corrected chi connectivity index (χ1v) is 6.44. The van der Waals surface area contributed by atoms with E-state index < -0.39 is 5.67 Å². The third-order valence-electron chi connectivity index (χ3n) is 2.34. The van der Waals surface area contributed by atoms with Crippen molar-refractivity contribution in [3.05, 3.63) is 29.8 Å². The van der Waals surface area contributed by atoms with Crippen molar-refractivity contribution < 1.29 is 4.39 Å². The molecule has 0 fully saturated rings. The van der Waals surface area contributed by atoms with Gasteiger partial charge in [0.15, 0.2) is 0 Å². The summed E-state index contributed by atoms with van der Waals surface area (Å²) < 4.78 is 14.1. The molecule has 1 aromatic rings. The molecule has 0 aliphatic rings. The SMILES string of the molecule is CNCC(C)(F)c1ccc(SC(C)C)cc1. The molecule has 1 atom stereocenters. The molecule has 0 aliphatic heterocycles. The minimum Gasteiger partial charge on any atom is -0.316 e. The van der Waals surface area contributed by atoms with Crippen molar-refractivity contribution in [2.45, 2.75) is 36.6 Å². The summed E-state index contributed by atoms with van der Waals surface area (Å²) in [7, 11) is 1.76. The van der Waals surface area contributed by atoms with Gasteiger partial charge in [-0.2, -0.15) is 0 Å². The zero-order valence-electron chi connectivity index (χ0n) is 10.4. The highest BCUT2D eigenvalue weighted by atomic mass is 32.2. The van der Waals surface area contributed by atoms with Crippen molar-refractivity contribution in [2.24, 2.45) is 0 Å². The van der Waals surface area contributed by atoms with Gasteiger partial charge in [-0.15, -0.1) is 11.8 Å². The number of halogens is 1. The van der Waals surface area contributed by atoms with Crippen LogP contribution in [0.2, 0.25) is 0 Å². The van der Waals surface area contributed by atoms with Gasteiger partial charge < -0.3 is 5.32 Å². The second-order valence-corrected chi connectivity index (χ2v) is 6.07. The van der Waals surface area contributed by atoms with Gasteiger partial charge in [0.05, 0.1) is 0 Å². The Morgan fingerprint density at radius 2 is 1.88 bits per heavy atom. The molecule has 1 unspecified atom stereocenters. The number of rotatable bonds is 5. The Morgan fingerprint density at radius 1 is 1.31 bits per heavy atom. The van der Waals surface area contributed by atoms with Crippen LogP contribution in [0.4, 0.5) is 4.39 Å². The number of benzene rings is 1. The fourth-order valence-corrected chi connectivity index (χ4v) is 2.42. The Kier molecular flexibility index (Phi) is 4.81. The molecule has 0 bridgehead atoms. The smallest absolute Gasteiger partial charge is 0.145 e. The number of thioether (sulfide) groups is 1. The minimum absolute atomic E-state index is 0.337.